The maximum absolute atomic E-state index is 5.65. The lowest BCUT2D eigenvalue weighted by molar-refractivity contribution is 0.174. The molecule has 6 rings (SSSR count). The Hall–Kier alpha value is -4.26. The highest BCUT2D eigenvalue weighted by molar-refractivity contribution is 5.99. The van der Waals surface area contributed by atoms with Crippen molar-refractivity contribution in [1.82, 2.24) is 14.8 Å². The van der Waals surface area contributed by atoms with Crippen molar-refractivity contribution >= 4 is 10.9 Å². The highest BCUT2D eigenvalue weighted by Crippen LogP contribution is 2.42. The number of rotatable bonds is 5. The van der Waals surface area contributed by atoms with E-state index in [0.717, 1.165) is 62.0 Å². The van der Waals surface area contributed by atoms with Gasteiger partial charge in [-0.15, -0.1) is 10.2 Å². The van der Waals surface area contributed by atoms with Gasteiger partial charge in [-0.3, -0.25) is 0 Å². The molecule has 7 heteroatoms. The summed E-state index contributed by atoms with van der Waals surface area (Å²) >= 11 is 0. The van der Waals surface area contributed by atoms with E-state index in [2.05, 4.69) is 33.1 Å². The highest BCUT2D eigenvalue weighted by atomic mass is 16.7. The van der Waals surface area contributed by atoms with Gasteiger partial charge in [0.15, 0.2) is 11.5 Å². The lowest BCUT2D eigenvalue weighted by atomic mass is 10.0. The van der Waals surface area contributed by atoms with E-state index in [1.807, 2.05) is 48.5 Å². The van der Waals surface area contributed by atoms with Gasteiger partial charge < -0.3 is 23.5 Å². The van der Waals surface area contributed by atoms with E-state index in [-0.39, 0.29) is 6.79 Å². The molecule has 0 N–H and O–H groups in total. The van der Waals surface area contributed by atoms with Crippen LogP contribution in [0.5, 0.6) is 23.0 Å². The molecule has 164 valence electrons. The van der Waals surface area contributed by atoms with Gasteiger partial charge in [0, 0.05) is 35.3 Å². The molecule has 0 saturated carbocycles. The van der Waals surface area contributed by atoms with Gasteiger partial charge in [0.1, 0.15) is 22.9 Å². The number of hydrogen-bond acceptors (Lipinski definition) is 6. The SMILES string of the molecule is COc1ccc(Cn2cc3c(-c4ccc(OC)cc4)nnc-3c3cc4c(cc32)OCO4)cc1. The quantitative estimate of drug-likeness (QED) is 0.384. The maximum Gasteiger partial charge on any atom is 0.231 e. The van der Waals surface area contributed by atoms with Gasteiger partial charge >= 0.3 is 0 Å². The molecule has 3 aliphatic rings. The second-order valence-electron chi connectivity index (χ2n) is 7.87. The molecule has 0 saturated heterocycles. The molecule has 3 aliphatic heterocycles. The molecule has 3 aromatic rings. The third kappa shape index (κ3) is 3.29. The van der Waals surface area contributed by atoms with Gasteiger partial charge in [-0.05, 0) is 48.0 Å². The fraction of sp³-hybridized carbons (Fsp3) is 0.154. The van der Waals surface area contributed by atoms with Crippen molar-refractivity contribution in [3.05, 3.63) is 72.4 Å². The Labute approximate surface area is 190 Å². The largest absolute Gasteiger partial charge is 0.497 e. The normalized spacial score (nSPS) is 12.4. The molecular formula is C26H21N3O4. The van der Waals surface area contributed by atoms with Crippen LogP contribution in [0.3, 0.4) is 0 Å². The second-order valence-corrected chi connectivity index (χ2v) is 7.87. The third-order valence-electron chi connectivity index (χ3n) is 5.98. The maximum atomic E-state index is 5.65. The molecule has 0 aromatic heterocycles. The predicted octanol–water partition coefficient (Wildman–Crippen LogP) is 5.00. The van der Waals surface area contributed by atoms with Crippen LogP contribution in [0, 0.1) is 0 Å². The average molecular weight is 439 g/mol. The Morgan fingerprint density at radius 1 is 0.818 bits per heavy atom. The Kier molecular flexibility index (Phi) is 4.54. The van der Waals surface area contributed by atoms with Crippen LogP contribution in [0.1, 0.15) is 5.56 Å². The number of methoxy groups -OCH3 is 2. The average Bonchev–Trinajstić information content (AvgIpc) is 3.50. The van der Waals surface area contributed by atoms with Gasteiger partial charge in [0.2, 0.25) is 6.79 Å². The van der Waals surface area contributed by atoms with E-state index in [1.165, 1.54) is 0 Å². The number of nitrogens with zero attached hydrogens (tertiary/aromatic N) is 3. The van der Waals surface area contributed by atoms with Gasteiger partial charge in [0.25, 0.3) is 0 Å². The van der Waals surface area contributed by atoms with Gasteiger partial charge in [-0.1, -0.05) is 12.1 Å². The predicted molar refractivity (Wildman–Crippen MR) is 124 cm³/mol. The van der Waals surface area contributed by atoms with Crippen molar-refractivity contribution in [1.29, 1.82) is 0 Å². The van der Waals surface area contributed by atoms with Crippen LogP contribution < -0.4 is 18.9 Å². The van der Waals surface area contributed by atoms with E-state index < -0.39 is 0 Å². The smallest absolute Gasteiger partial charge is 0.231 e. The topological polar surface area (TPSA) is 67.6 Å². The van der Waals surface area contributed by atoms with Crippen LogP contribution >= 0.6 is 0 Å². The summed E-state index contributed by atoms with van der Waals surface area (Å²) in [6, 6.07) is 20.0. The van der Waals surface area contributed by atoms with Crippen molar-refractivity contribution in [2.45, 2.75) is 6.54 Å². The van der Waals surface area contributed by atoms with Crippen LogP contribution in [-0.4, -0.2) is 35.8 Å². The van der Waals surface area contributed by atoms with Crippen molar-refractivity contribution < 1.29 is 18.9 Å². The summed E-state index contributed by atoms with van der Waals surface area (Å²) in [4.78, 5) is 0. The number of fused-ring (bicyclic) bond motifs is 4. The first-order valence-electron chi connectivity index (χ1n) is 10.6. The molecule has 7 nitrogen and oxygen atoms in total. The molecule has 0 amide bonds. The molecular weight excluding hydrogens is 418 g/mol. The van der Waals surface area contributed by atoms with E-state index in [1.54, 1.807) is 14.2 Å². The zero-order valence-electron chi connectivity index (χ0n) is 18.2. The van der Waals surface area contributed by atoms with Crippen LogP contribution in [0.25, 0.3) is 33.4 Å². The van der Waals surface area contributed by atoms with Crippen LogP contribution in [0.2, 0.25) is 0 Å². The molecule has 0 atom stereocenters. The third-order valence-corrected chi connectivity index (χ3v) is 5.98. The van der Waals surface area contributed by atoms with Crippen LogP contribution in [0.4, 0.5) is 0 Å². The summed E-state index contributed by atoms with van der Waals surface area (Å²) < 4.78 is 24.1. The summed E-state index contributed by atoms with van der Waals surface area (Å²) in [5.41, 5.74) is 5.77. The minimum Gasteiger partial charge on any atom is -0.497 e. The molecule has 0 spiro atoms. The number of hydrogen-bond donors (Lipinski definition) is 0. The number of pyridine rings is 1. The van der Waals surface area contributed by atoms with Gasteiger partial charge in [-0.25, -0.2) is 0 Å². The Morgan fingerprint density at radius 3 is 2.15 bits per heavy atom. The summed E-state index contributed by atoms with van der Waals surface area (Å²) in [5, 5.41) is 10.1. The molecule has 0 aliphatic carbocycles. The number of benzene rings is 3. The van der Waals surface area contributed by atoms with E-state index in [4.69, 9.17) is 18.9 Å². The Balaban J connectivity index is 1.53. The Morgan fingerprint density at radius 2 is 1.45 bits per heavy atom. The van der Waals surface area contributed by atoms with E-state index in [0.29, 0.717) is 6.54 Å². The van der Waals surface area contributed by atoms with Gasteiger partial charge in [0.05, 0.1) is 19.7 Å². The van der Waals surface area contributed by atoms with Crippen molar-refractivity contribution in [3.8, 4) is 45.5 Å². The molecule has 33 heavy (non-hydrogen) atoms. The van der Waals surface area contributed by atoms with Crippen molar-refractivity contribution in [2.75, 3.05) is 21.0 Å². The zero-order chi connectivity index (χ0) is 22.4. The number of ether oxygens (including phenoxy) is 4. The summed E-state index contributed by atoms with van der Waals surface area (Å²) in [6.45, 7) is 0.889. The van der Waals surface area contributed by atoms with Crippen molar-refractivity contribution in [3.63, 3.8) is 0 Å². The first-order valence-corrected chi connectivity index (χ1v) is 10.6. The minimum atomic E-state index is 0.219. The lowest BCUT2D eigenvalue weighted by Gasteiger charge is -2.16. The first-order chi connectivity index (χ1) is 16.2. The molecule has 0 unspecified atom stereocenters. The fourth-order valence-electron chi connectivity index (χ4n) is 4.25. The molecule has 3 aromatic carbocycles. The Bertz CT molecular complexity index is 1430. The molecule has 0 bridgehead atoms. The molecule has 0 fully saturated rings. The summed E-state index contributed by atoms with van der Waals surface area (Å²) in [6.07, 6.45) is 2.11. The van der Waals surface area contributed by atoms with E-state index >= 15 is 0 Å². The standard InChI is InChI=1S/C26H21N3O4/c1-30-18-7-3-16(4-8-18)13-29-14-21-25(17-5-9-19(31-2)10-6-17)27-28-26(21)20-11-23-24(12-22(20)29)33-15-32-23/h3-12,14H,13,15H2,1-2H3. The minimum absolute atomic E-state index is 0.219. The number of aromatic nitrogens is 3. The van der Waals surface area contributed by atoms with Crippen LogP contribution in [0.15, 0.2) is 66.9 Å². The molecule has 3 heterocycles. The lowest BCUT2D eigenvalue weighted by Crippen LogP contribution is -2.04. The van der Waals surface area contributed by atoms with E-state index in [9.17, 15) is 0 Å². The fourth-order valence-corrected chi connectivity index (χ4v) is 4.25. The van der Waals surface area contributed by atoms with Gasteiger partial charge in [-0.2, -0.15) is 0 Å². The monoisotopic (exact) mass is 439 g/mol. The highest BCUT2D eigenvalue weighted by Gasteiger charge is 2.24. The van der Waals surface area contributed by atoms with Crippen molar-refractivity contribution in [2.24, 2.45) is 0 Å². The summed E-state index contributed by atoms with van der Waals surface area (Å²) in [7, 11) is 3.33. The first kappa shape index (κ1) is 19.4. The zero-order valence-corrected chi connectivity index (χ0v) is 18.2. The van der Waals surface area contributed by atoms with Crippen LogP contribution in [-0.2, 0) is 6.54 Å². The molecule has 0 radical (unpaired) electrons. The summed E-state index contributed by atoms with van der Waals surface area (Å²) in [5.74, 6) is 3.09. The second kappa shape index (κ2) is 7.70.